The quantitative estimate of drug-likeness (QED) is 0.433. The molecule has 25 heavy (non-hydrogen) atoms. The first-order chi connectivity index (χ1) is 12.1. The number of benzene rings is 1. The van der Waals surface area contributed by atoms with Crippen molar-refractivity contribution in [1.29, 1.82) is 0 Å². The zero-order valence-corrected chi connectivity index (χ0v) is 14.6. The van der Waals surface area contributed by atoms with Gasteiger partial charge in [-0.15, -0.1) is 17.9 Å². The summed E-state index contributed by atoms with van der Waals surface area (Å²) < 4.78 is 0. The number of oxime groups is 1. The Balaban J connectivity index is 1.93. The molecule has 0 radical (unpaired) electrons. The standard InChI is InChI=1S/C18H19N3O3S/c1-3-10-19-18(23)14-7-4-5-8-15(14)20-17(22)12-24-21-13(2)16-9-6-11-25-16/h3-9,11H,1,10,12H2,2H3,(H,19,23)(H,20,22)/b21-13+. The summed E-state index contributed by atoms with van der Waals surface area (Å²) in [6, 6.07) is 10.6. The lowest BCUT2D eigenvalue weighted by Crippen LogP contribution is -2.26. The van der Waals surface area contributed by atoms with Gasteiger partial charge in [0, 0.05) is 6.54 Å². The van der Waals surface area contributed by atoms with Crippen LogP contribution < -0.4 is 10.6 Å². The maximum atomic E-state index is 12.1. The number of amides is 2. The summed E-state index contributed by atoms with van der Waals surface area (Å²) in [6.45, 7) is 5.46. The van der Waals surface area contributed by atoms with Gasteiger partial charge in [-0.3, -0.25) is 9.59 Å². The lowest BCUT2D eigenvalue weighted by atomic mass is 10.1. The van der Waals surface area contributed by atoms with E-state index in [2.05, 4.69) is 22.4 Å². The number of rotatable bonds is 8. The van der Waals surface area contributed by atoms with Crippen molar-refractivity contribution in [3.63, 3.8) is 0 Å². The minimum atomic E-state index is -0.397. The number of carbonyl (C=O) groups excluding carboxylic acids is 2. The minimum Gasteiger partial charge on any atom is -0.385 e. The number of hydrogen-bond acceptors (Lipinski definition) is 5. The molecule has 6 nitrogen and oxygen atoms in total. The van der Waals surface area contributed by atoms with Crippen LogP contribution in [0.4, 0.5) is 5.69 Å². The number of carbonyl (C=O) groups is 2. The number of thiophene rings is 1. The van der Waals surface area contributed by atoms with Crippen LogP contribution in [0, 0.1) is 0 Å². The normalized spacial score (nSPS) is 10.8. The largest absolute Gasteiger partial charge is 0.385 e. The molecule has 0 fully saturated rings. The van der Waals surface area contributed by atoms with Crippen LogP contribution >= 0.6 is 11.3 Å². The predicted octanol–water partition coefficient (Wildman–Crippen LogP) is 3.04. The molecule has 0 saturated heterocycles. The van der Waals surface area contributed by atoms with E-state index in [1.807, 2.05) is 24.4 Å². The summed E-state index contributed by atoms with van der Waals surface area (Å²) in [4.78, 5) is 30.2. The van der Waals surface area contributed by atoms with Crippen LogP contribution in [-0.2, 0) is 9.63 Å². The van der Waals surface area contributed by atoms with E-state index in [-0.39, 0.29) is 12.5 Å². The molecular formula is C18H19N3O3S. The average Bonchev–Trinajstić information content (AvgIpc) is 3.14. The van der Waals surface area contributed by atoms with Gasteiger partial charge >= 0.3 is 0 Å². The van der Waals surface area contributed by atoms with Gasteiger partial charge in [-0.25, -0.2) is 0 Å². The van der Waals surface area contributed by atoms with Crippen LogP contribution in [0.5, 0.6) is 0 Å². The Hall–Kier alpha value is -2.93. The highest BCUT2D eigenvalue weighted by atomic mass is 32.1. The minimum absolute atomic E-state index is 0.245. The maximum Gasteiger partial charge on any atom is 0.265 e. The predicted molar refractivity (Wildman–Crippen MR) is 100 cm³/mol. The van der Waals surface area contributed by atoms with Crippen LogP contribution in [0.15, 0.2) is 59.6 Å². The summed E-state index contributed by atoms with van der Waals surface area (Å²) >= 11 is 1.54. The van der Waals surface area contributed by atoms with Crippen molar-refractivity contribution < 1.29 is 14.4 Å². The molecule has 2 N–H and O–H groups in total. The fourth-order valence-electron chi connectivity index (χ4n) is 1.95. The lowest BCUT2D eigenvalue weighted by Gasteiger charge is -2.10. The van der Waals surface area contributed by atoms with E-state index in [4.69, 9.17) is 4.84 Å². The van der Waals surface area contributed by atoms with Gasteiger partial charge in [0.1, 0.15) is 0 Å². The van der Waals surface area contributed by atoms with E-state index in [0.29, 0.717) is 23.5 Å². The topological polar surface area (TPSA) is 79.8 Å². The van der Waals surface area contributed by atoms with E-state index in [9.17, 15) is 9.59 Å². The molecule has 7 heteroatoms. The van der Waals surface area contributed by atoms with E-state index in [1.165, 1.54) is 0 Å². The highest BCUT2D eigenvalue weighted by Gasteiger charge is 2.12. The van der Waals surface area contributed by atoms with Gasteiger partial charge in [0.05, 0.1) is 21.8 Å². The Morgan fingerprint density at radius 2 is 2.08 bits per heavy atom. The summed E-state index contributed by atoms with van der Waals surface area (Å²) in [7, 11) is 0. The van der Waals surface area contributed by atoms with Gasteiger partial charge in [-0.2, -0.15) is 0 Å². The fraction of sp³-hybridized carbons (Fsp3) is 0.167. The van der Waals surface area contributed by atoms with Gasteiger partial charge in [-0.1, -0.05) is 29.4 Å². The third-order valence-corrected chi connectivity index (χ3v) is 4.11. The molecule has 0 aliphatic rings. The molecule has 0 atom stereocenters. The fourth-order valence-corrected chi connectivity index (χ4v) is 2.62. The molecule has 0 aliphatic heterocycles. The Morgan fingerprint density at radius 3 is 2.80 bits per heavy atom. The van der Waals surface area contributed by atoms with Gasteiger partial charge in [-0.05, 0) is 30.5 Å². The molecule has 1 aromatic heterocycles. The third-order valence-electron chi connectivity index (χ3n) is 3.13. The second-order valence-electron chi connectivity index (χ2n) is 5.02. The average molecular weight is 357 g/mol. The lowest BCUT2D eigenvalue weighted by molar-refractivity contribution is -0.120. The van der Waals surface area contributed by atoms with Crippen molar-refractivity contribution in [2.24, 2.45) is 5.16 Å². The summed E-state index contributed by atoms with van der Waals surface area (Å²) in [5, 5.41) is 11.2. The maximum absolute atomic E-state index is 12.1. The first-order valence-corrected chi connectivity index (χ1v) is 8.48. The Bertz CT molecular complexity index is 770. The summed E-state index contributed by atoms with van der Waals surface area (Å²) in [5.41, 5.74) is 1.49. The first-order valence-electron chi connectivity index (χ1n) is 7.60. The number of nitrogens with zero attached hydrogens (tertiary/aromatic N) is 1. The first kappa shape index (κ1) is 18.4. The molecule has 0 unspecified atom stereocenters. The van der Waals surface area contributed by atoms with Crippen LogP contribution in [-0.4, -0.2) is 30.7 Å². The molecule has 130 valence electrons. The van der Waals surface area contributed by atoms with Crippen LogP contribution in [0.25, 0.3) is 0 Å². The van der Waals surface area contributed by atoms with E-state index < -0.39 is 5.91 Å². The Kier molecular flexibility index (Phi) is 6.91. The van der Waals surface area contributed by atoms with Gasteiger partial charge < -0.3 is 15.5 Å². The molecule has 2 amide bonds. The highest BCUT2D eigenvalue weighted by Crippen LogP contribution is 2.15. The molecule has 0 saturated carbocycles. The van der Waals surface area contributed by atoms with Crippen LogP contribution in [0.3, 0.4) is 0 Å². The van der Waals surface area contributed by atoms with Crippen molar-refractivity contribution in [2.75, 3.05) is 18.5 Å². The highest BCUT2D eigenvalue weighted by molar-refractivity contribution is 7.12. The van der Waals surface area contributed by atoms with E-state index in [1.54, 1.807) is 41.7 Å². The van der Waals surface area contributed by atoms with Crippen molar-refractivity contribution >= 4 is 34.6 Å². The van der Waals surface area contributed by atoms with Gasteiger partial charge in [0.15, 0.2) is 6.61 Å². The zero-order chi connectivity index (χ0) is 18.1. The van der Waals surface area contributed by atoms with Crippen LogP contribution in [0.1, 0.15) is 22.2 Å². The van der Waals surface area contributed by atoms with Crippen molar-refractivity contribution in [3.05, 3.63) is 64.9 Å². The third kappa shape index (κ3) is 5.58. The summed E-state index contributed by atoms with van der Waals surface area (Å²) in [5.74, 6) is -0.685. The van der Waals surface area contributed by atoms with Gasteiger partial charge in [0.25, 0.3) is 11.8 Å². The second kappa shape index (κ2) is 9.39. The molecule has 0 aliphatic carbocycles. The number of para-hydroxylation sites is 1. The van der Waals surface area contributed by atoms with Crippen LogP contribution in [0.2, 0.25) is 0 Å². The smallest absolute Gasteiger partial charge is 0.265 e. The molecule has 0 spiro atoms. The monoisotopic (exact) mass is 357 g/mol. The SMILES string of the molecule is C=CCNC(=O)c1ccccc1NC(=O)CO/N=C(\C)c1cccs1. The molecule has 2 rings (SSSR count). The number of nitrogens with one attached hydrogen (secondary N) is 2. The molecule has 1 aromatic carbocycles. The van der Waals surface area contributed by atoms with Crippen molar-refractivity contribution in [2.45, 2.75) is 6.92 Å². The summed E-state index contributed by atoms with van der Waals surface area (Å²) in [6.07, 6.45) is 1.58. The molecular weight excluding hydrogens is 338 g/mol. The number of anilines is 1. The molecule has 1 heterocycles. The van der Waals surface area contributed by atoms with Gasteiger partial charge in [0.2, 0.25) is 0 Å². The van der Waals surface area contributed by atoms with Crippen molar-refractivity contribution in [1.82, 2.24) is 5.32 Å². The van der Waals surface area contributed by atoms with E-state index in [0.717, 1.165) is 4.88 Å². The van der Waals surface area contributed by atoms with Crippen molar-refractivity contribution in [3.8, 4) is 0 Å². The Morgan fingerprint density at radius 1 is 1.28 bits per heavy atom. The van der Waals surface area contributed by atoms with E-state index >= 15 is 0 Å². The second-order valence-corrected chi connectivity index (χ2v) is 5.97. The Labute approximate surface area is 150 Å². The number of hydrogen-bond donors (Lipinski definition) is 2. The molecule has 2 aromatic rings. The molecule has 0 bridgehead atoms. The zero-order valence-electron chi connectivity index (χ0n) is 13.8.